The van der Waals surface area contributed by atoms with Gasteiger partial charge in [-0.1, -0.05) is 60.7 Å². The molecule has 0 aliphatic rings. The summed E-state index contributed by atoms with van der Waals surface area (Å²) in [6.07, 6.45) is 1.84. The van der Waals surface area contributed by atoms with Crippen LogP contribution in [-0.2, 0) is 6.61 Å². The van der Waals surface area contributed by atoms with Gasteiger partial charge in [0.1, 0.15) is 6.61 Å². The lowest BCUT2D eigenvalue weighted by Gasteiger charge is -2.14. The van der Waals surface area contributed by atoms with Gasteiger partial charge in [-0.15, -0.1) is 0 Å². The van der Waals surface area contributed by atoms with Crippen LogP contribution in [0.25, 0.3) is 10.8 Å². The average molecular weight is 460 g/mol. The van der Waals surface area contributed by atoms with E-state index in [4.69, 9.17) is 9.47 Å². The summed E-state index contributed by atoms with van der Waals surface area (Å²) in [7, 11) is 1.65. The molecular weight excluding hydrogens is 438 g/mol. The molecule has 0 aliphatic heterocycles. The largest absolute Gasteiger partial charge is 0.493 e. The van der Waals surface area contributed by atoms with Crippen molar-refractivity contribution < 1.29 is 9.47 Å². The fourth-order valence-corrected chi connectivity index (χ4v) is 3.95. The number of fused-ring (bicyclic) bond motifs is 1. The van der Waals surface area contributed by atoms with Crippen molar-refractivity contribution >= 4 is 38.6 Å². The molecule has 4 rings (SSSR count). The van der Waals surface area contributed by atoms with Gasteiger partial charge in [-0.3, -0.25) is 4.99 Å². The van der Waals surface area contributed by atoms with E-state index in [2.05, 4.69) is 51.3 Å². The molecule has 4 aromatic rings. The van der Waals surface area contributed by atoms with E-state index in [0.29, 0.717) is 18.1 Å². The Morgan fingerprint density at radius 3 is 2.53 bits per heavy atom. The van der Waals surface area contributed by atoms with E-state index in [1.807, 2.05) is 61.7 Å². The topological polar surface area (TPSA) is 30.8 Å². The van der Waals surface area contributed by atoms with Crippen LogP contribution in [0.5, 0.6) is 11.5 Å². The van der Waals surface area contributed by atoms with Crippen LogP contribution in [0.4, 0.5) is 5.69 Å². The maximum atomic E-state index is 6.17. The van der Waals surface area contributed by atoms with Gasteiger partial charge < -0.3 is 9.47 Å². The van der Waals surface area contributed by atoms with E-state index in [0.717, 1.165) is 26.9 Å². The molecule has 0 heterocycles. The Bertz CT molecular complexity index is 1210. The predicted molar refractivity (Wildman–Crippen MR) is 127 cm³/mol. The van der Waals surface area contributed by atoms with Gasteiger partial charge in [0, 0.05) is 6.21 Å². The van der Waals surface area contributed by atoms with Crippen LogP contribution in [0.2, 0.25) is 0 Å². The zero-order valence-corrected chi connectivity index (χ0v) is 18.5. The quantitative estimate of drug-likeness (QED) is 0.284. The van der Waals surface area contributed by atoms with Gasteiger partial charge in [-0.05, 0) is 68.5 Å². The van der Waals surface area contributed by atoms with Crippen molar-refractivity contribution in [2.75, 3.05) is 7.11 Å². The number of hydrogen-bond acceptors (Lipinski definition) is 3. The third-order valence-corrected chi connectivity index (χ3v) is 5.56. The number of aliphatic imine (C=N–C) groups is 1. The molecular formula is C26H22BrNO2. The Kier molecular flexibility index (Phi) is 6.15. The molecule has 0 atom stereocenters. The number of para-hydroxylation sites is 1. The zero-order valence-electron chi connectivity index (χ0n) is 16.9. The van der Waals surface area contributed by atoms with E-state index >= 15 is 0 Å². The minimum Gasteiger partial charge on any atom is -0.493 e. The molecule has 3 nitrogen and oxygen atoms in total. The molecule has 0 unspecified atom stereocenters. The number of aryl methyl sites for hydroxylation is 1. The molecule has 0 aliphatic carbocycles. The highest BCUT2D eigenvalue weighted by Gasteiger charge is 2.12. The predicted octanol–water partition coefficient (Wildman–Crippen LogP) is 7.25. The zero-order chi connectivity index (χ0) is 20.9. The number of halogens is 1. The smallest absolute Gasteiger partial charge is 0.175 e. The molecule has 4 aromatic carbocycles. The second-order valence-corrected chi connectivity index (χ2v) is 7.86. The van der Waals surface area contributed by atoms with Gasteiger partial charge in [-0.25, -0.2) is 0 Å². The Hall–Kier alpha value is -3.11. The van der Waals surface area contributed by atoms with E-state index < -0.39 is 0 Å². The van der Waals surface area contributed by atoms with Crippen molar-refractivity contribution in [1.29, 1.82) is 0 Å². The van der Waals surface area contributed by atoms with Crippen molar-refractivity contribution in [3.8, 4) is 11.5 Å². The van der Waals surface area contributed by atoms with Crippen LogP contribution in [0.15, 0.2) is 88.3 Å². The second-order valence-electron chi connectivity index (χ2n) is 7.01. The molecule has 0 bridgehead atoms. The van der Waals surface area contributed by atoms with Crippen molar-refractivity contribution in [3.63, 3.8) is 0 Å². The lowest BCUT2D eigenvalue weighted by Crippen LogP contribution is -2.00. The summed E-state index contributed by atoms with van der Waals surface area (Å²) < 4.78 is 12.6. The summed E-state index contributed by atoms with van der Waals surface area (Å²) in [5, 5.41) is 2.39. The van der Waals surface area contributed by atoms with Crippen LogP contribution in [0.3, 0.4) is 0 Å². The Labute approximate surface area is 185 Å². The van der Waals surface area contributed by atoms with Gasteiger partial charge in [0.05, 0.1) is 17.3 Å². The molecule has 0 N–H and O–H groups in total. The molecule has 0 saturated heterocycles. The number of ether oxygens (including phenoxy) is 2. The molecule has 150 valence electrons. The number of nitrogens with zero attached hydrogens (tertiary/aromatic N) is 1. The first-order valence-corrected chi connectivity index (χ1v) is 10.5. The first-order valence-electron chi connectivity index (χ1n) is 9.72. The molecule has 0 amide bonds. The Balaban J connectivity index is 1.59. The third-order valence-electron chi connectivity index (χ3n) is 4.97. The van der Waals surface area contributed by atoms with Crippen LogP contribution >= 0.6 is 15.9 Å². The summed E-state index contributed by atoms with van der Waals surface area (Å²) in [5.41, 5.74) is 4.14. The molecule has 0 fully saturated rings. The van der Waals surface area contributed by atoms with Gasteiger partial charge in [-0.2, -0.15) is 0 Å². The van der Waals surface area contributed by atoms with Gasteiger partial charge in [0.25, 0.3) is 0 Å². The van der Waals surface area contributed by atoms with Crippen molar-refractivity contribution in [2.45, 2.75) is 13.5 Å². The summed E-state index contributed by atoms with van der Waals surface area (Å²) in [6, 6.07) is 26.5. The van der Waals surface area contributed by atoms with Crippen LogP contribution in [0.1, 0.15) is 16.7 Å². The standard InChI is InChI=1S/C26H22BrNO2/c1-18-8-3-6-13-24(18)28-16-19-14-23(27)26(25(15-19)29-2)30-17-21-11-7-10-20-9-4-5-12-22(20)21/h3-16H,17H2,1-2H3. The first kappa shape index (κ1) is 20.2. The lowest BCUT2D eigenvalue weighted by atomic mass is 10.1. The molecule has 4 heteroatoms. The maximum absolute atomic E-state index is 6.17. The fraction of sp³-hybridized carbons (Fsp3) is 0.115. The van der Waals surface area contributed by atoms with E-state index in [1.54, 1.807) is 7.11 Å². The van der Waals surface area contributed by atoms with E-state index in [-0.39, 0.29) is 0 Å². The molecule has 0 aromatic heterocycles. The maximum Gasteiger partial charge on any atom is 0.175 e. The van der Waals surface area contributed by atoms with Crippen molar-refractivity contribution in [2.24, 2.45) is 4.99 Å². The monoisotopic (exact) mass is 459 g/mol. The summed E-state index contributed by atoms with van der Waals surface area (Å²) >= 11 is 3.64. The van der Waals surface area contributed by atoms with Crippen LogP contribution < -0.4 is 9.47 Å². The van der Waals surface area contributed by atoms with E-state index in [1.165, 1.54) is 10.8 Å². The third kappa shape index (κ3) is 4.39. The highest BCUT2D eigenvalue weighted by atomic mass is 79.9. The normalized spacial score (nSPS) is 11.2. The molecule has 0 spiro atoms. The van der Waals surface area contributed by atoms with Crippen LogP contribution in [0, 0.1) is 6.92 Å². The number of hydrogen-bond donors (Lipinski definition) is 0. The minimum atomic E-state index is 0.451. The molecule has 30 heavy (non-hydrogen) atoms. The Morgan fingerprint density at radius 2 is 1.70 bits per heavy atom. The summed E-state index contributed by atoms with van der Waals surface area (Å²) in [6.45, 7) is 2.50. The molecule has 0 saturated carbocycles. The summed E-state index contributed by atoms with van der Waals surface area (Å²) in [4.78, 5) is 4.61. The second kappa shape index (κ2) is 9.14. The van der Waals surface area contributed by atoms with Gasteiger partial charge in [0.2, 0.25) is 0 Å². The minimum absolute atomic E-state index is 0.451. The van der Waals surface area contributed by atoms with Gasteiger partial charge >= 0.3 is 0 Å². The van der Waals surface area contributed by atoms with Crippen LogP contribution in [-0.4, -0.2) is 13.3 Å². The Morgan fingerprint density at radius 1 is 0.933 bits per heavy atom. The average Bonchev–Trinajstić information content (AvgIpc) is 2.77. The highest BCUT2D eigenvalue weighted by molar-refractivity contribution is 9.10. The number of methoxy groups -OCH3 is 1. The SMILES string of the molecule is COc1cc(C=Nc2ccccc2C)cc(Br)c1OCc1cccc2ccccc12. The van der Waals surface area contributed by atoms with Gasteiger partial charge in [0.15, 0.2) is 11.5 Å². The first-order chi connectivity index (χ1) is 14.7. The van der Waals surface area contributed by atoms with Crippen molar-refractivity contribution in [3.05, 3.63) is 100 Å². The van der Waals surface area contributed by atoms with Crippen molar-refractivity contribution in [1.82, 2.24) is 0 Å². The fourth-order valence-electron chi connectivity index (χ4n) is 3.38. The summed E-state index contributed by atoms with van der Waals surface area (Å²) in [5.74, 6) is 1.34. The highest BCUT2D eigenvalue weighted by Crippen LogP contribution is 2.37. The number of benzene rings is 4. The van der Waals surface area contributed by atoms with E-state index in [9.17, 15) is 0 Å². The molecule has 0 radical (unpaired) electrons. The number of rotatable bonds is 6. The lowest BCUT2D eigenvalue weighted by molar-refractivity contribution is 0.283.